The van der Waals surface area contributed by atoms with Gasteiger partial charge in [-0.05, 0) is 30.5 Å². The molecule has 3 aromatic rings. The molecule has 0 fully saturated rings. The predicted molar refractivity (Wildman–Crippen MR) is 92.2 cm³/mol. The second kappa shape index (κ2) is 7.15. The van der Waals surface area contributed by atoms with Gasteiger partial charge in [-0.25, -0.2) is 9.97 Å². The van der Waals surface area contributed by atoms with Crippen molar-refractivity contribution in [2.24, 2.45) is 0 Å². The van der Waals surface area contributed by atoms with E-state index in [1.807, 2.05) is 18.4 Å². The van der Waals surface area contributed by atoms with Crippen molar-refractivity contribution in [3.8, 4) is 5.82 Å². The van der Waals surface area contributed by atoms with Gasteiger partial charge in [-0.3, -0.25) is 9.55 Å². The van der Waals surface area contributed by atoms with Crippen LogP contribution in [0.1, 0.15) is 29.8 Å². The summed E-state index contributed by atoms with van der Waals surface area (Å²) in [6, 6.07) is 5.22. The number of nitrogens with one attached hydrogen (secondary N) is 1. The van der Waals surface area contributed by atoms with Crippen LogP contribution in [0, 0.1) is 6.92 Å². The molecule has 3 rings (SSSR count). The van der Waals surface area contributed by atoms with Crippen LogP contribution in [-0.4, -0.2) is 26.1 Å². The van der Waals surface area contributed by atoms with Crippen molar-refractivity contribution in [2.75, 3.05) is 11.9 Å². The van der Waals surface area contributed by atoms with Crippen molar-refractivity contribution in [3.63, 3.8) is 0 Å². The van der Waals surface area contributed by atoms with Crippen LogP contribution in [0.3, 0.4) is 0 Å². The van der Waals surface area contributed by atoms with Gasteiger partial charge >= 0.3 is 6.18 Å². The van der Waals surface area contributed by atoms with Gasteiger partial charge in [0.15, 0.2) is 5.82 Å². The normalized spacial score (nSPS) is 12.8. The molecule has 2 heterocycles. The van der Waals surface area contributed by atoms with E-state index in [2.05, 4.69) is 20.3 Å². The van der Waals surface area contributed by atoms with E-state index in [9.17, 15) is 13.2 Å². The standard InChI is InChI=1S/C18H18F3N5/c1-12(14-3-5-15(6-4-14)18(19,20)21)9-24-16-10-22-11-17(25-16)26-8-7-23-13(26)2/h3-8,10-12H,9H2,1-2H3,(H,24,25). The summed E-state index contributed by atoms with van der Waals surface area (Å²) in [5.41, 5.74) is 0.177. The molecule has 26 heavy (non-hydrogen) atoms. The number of aryl methyl sites for hydroxylation is 1. The van der Waals surface area contributed by atoms with Crippen LogP contribution in [0.5, 0.6) is 0 Å². The zero-order valence-electron chi connectivity index (χ0n) is 14.3. The van der Waals surface area contributed by atoms with E-state index in [4.69, 9.17) is 0 Å². The van der Waals surface area contributed by atoms with Gasteiger partial charge in [0, 0.05) is 18.9 Å². The third-order valence-corrected chi connectivity index (χ3v) is 4.09. The van der Waals surface area contributed by atoms with Crippen molar-refractivity contribution in [1.29, 1.82) is 0 Å². The van der Waals surface area contributed by atoms with Crippen LogP contribution in [0.2, 0.25) is 0 Å². The lowest BCUT2D eigenvalue weighted by Crippen LogP contribution is -2.12. The number of hydrogen-bond acceptors (Lipinski definition) is 4. The van der Waals surface area contributed by atoms with Crippen molar-refractivity contribution >= 4 is 5.82 Å². The maximum atomic E-state index is 12.6. The monoisotopic (exact) mass is 361 g/mol. The molecule has 1 N–H and O–H groups in total. The highest BCUT2D eigenvalue weighted by Crippen LogP contribution is 2.30. The van der Waals surface area contributed by atoms with Crippen molar-refractivity contribution < 1.29 is 13.2 Å². The fourth-order valence-electron chi connectivity index (χ4n) is 2.55. The first kappa shape index (κ1) is 17.9. The Kier molecular flexibility index (Phi) is 4.92. The number of benzene rings is 1. The average molecular weight is 361 g/mol. The van der Waals surface area contributed by atoms with Crippen molar-refractivity contribution in [2.45, 2.75) is 25.9 Å². The molecule has 0 bridgehead atoms. The lowest BCUT2D eigenvalue weighted by molar-refractivity contribution is -0.137. The molecule has 0 amide bonds. The minimum atomic E-state index is -4.32. The molecular weight excluding hydrogens is 343 g/mol. The first-order valence-corrected chi connectivity index (χ1v) is 8.08. The van der Waals surface area contributed by atoms with Gasteiger partial charge in [-0.1, -0.05) is 19.1 Å². The van der Waals surface area contributed by atoms with Gasteiger partial charge in [-0.15, -0.1) is 0 Å². The molecule has 0 aliphatic carbocycles. The lowest BCUT2D eigenvalue weighted by Gasteiger charge is -2.15. The second-order valence-electron chi connectivity index (χ2n) is 6.01. The largest absolute Gasteiger partial charge is 0.416 e. The highest BCUT2D eigenvalue weighted by molar-refractivity contribution is 5.37. The molecule has 136 valence electrons. The van der Waals surface area contributed by atoms with Crippen LogP contribution >= 0.6 is 0 Å². The molecule has 1 atom stereocenters. The maximum Gasteiger partial charge on any atom is 0.416 e. The zero-order valence-corrected chi connectivity index (χ0v) is 14.3. The number of nitrogens with zero attached hydrogens (tertiary/aromatic N) is 4. The smallest absolute Gasteiger partial charge is 0.368 e. The third kappa shape index (κ3) is 4.01. The van der Waals surface area contributed by atoms with Gasteiger partial charge in [0.25, 0.3) is 0 Å². The average Bonchev–Trinajstić information content (AvgIpc) is 3.05. The number of hydrogen-bond donors (Lipinski definition) is 1. The molecular formula is C18H18F3N5. The van der Waals surface area contributed by atoms with Gasteiger partial charge in [0.1, 0.15) is 11.6 Å². The Balaban J connectivity index is 1.66. The van der Waals surface area contributed by atoms with E-state index in [1.165, 1.54) is 12.1 Å². The summed E-state index contributed by atoms with van der Waals surface area (Å²) in [4.78, 5) is 12.8. The lowest BCUT2D eigenvalue weighted by atomic mass is 10.00. The Morgan fingerprint density at radius 1 is 1.15 bits per heavy atom. The predicted octanol–water partition coefficient (Wildman–Crippen LogP) is 4.21. The van der Waals surface area contributed by atoms with E-state index in [1.54, 1.807) is 24.8 Å². The van der Waals surface area contributed by atoms with Crippen molar-refractivity contribution in [3.05, 3.63) is 66.0 Å². The quantitative estimate of drug-likeness (QED) is 0.740. The molecule has 0 radical (unpaired) electrons. The number of alkyl halides is 3. The fourth-order valence-corrected chi connectivity index (χ4v) is 2.55. The first-order valence-electron chi connectivity index (χ1n) is 8.08. The molecule has 0 saturated heterocycles. The maximum absolute atomic E-state index is 12.6. The number of halogens is 3. The minimum absolute atomic E-state index is 0.0118. The van der Waals surface area contributed by atoms with Crippen LogP contribution in [-0.2, 0) is 6.18 Å². The Hall–Kier alpha value is -2.90. The highest BCUT2D eigenvalue weighted by Gasteiger charge is 2.30. The molecule has 0 spiro atoms. The first-order chi connectivity index (χ1) is 12.3. The summed E-state index contributed by atoms with van der Waals surface area (Å²) < 4.78 is 39.7. The Bertz CT molecular complexity index is 871. The van der Waals surface area contributed by atoms with Crippen LogP contribution in [0.25, 0.3) is 5.82 Å². The number of rotatable bonds is 5. The summed E-state index contributed by atoms with van der Waals surface area (Å²) >= 11 is 0. The Morgan fingerprint density at radius 3 is 2.50 bits per heavy atom. The SMILES string of the molecule is Cc1nccn1-c1cncc(NCC(C)c2ccc(C(F)(F)F)cc2)n1. The van der Waals surface area contributed by atoms with E-state index in [0.29, 0.717) is 18.2 Å². The van der Waals surface area contributed by atoms with Gasteiger partial charge in [0.2, 0.25) is 0 Å². The fraction of sp³-hybridized carbons (Fsp3) is 0.278. The van der Waals surface area contributed by atoms with Gasteiger partial charge < -0.3 is 5.32 Å². The Morgan fingerprint density at radius 2 is 1.88 bits per heavy atom. The molecule has 0 aliphatic heterocycles. The summed E-state index contributed by atoms with van der Waals surface area (Å²) in [7, 11) is 0. The topological polar surface area (TPSA) is 55.6 Å². The molecule has 1 unspecified atom stereocenters. The number of aromatic nitrogens is 4. The zero-order chi connectivity index (χ0) is 18.7. The molecule has 0 saturated carbocycles. The molecule has 0 aliphatic rings. The Labute approximate surface area is 148 Å². The number of imidazole rings is 1. The number of anilines is 1. The second-order valence-corrected chi connectivity index (χ2v) is 6.01. The van der Waals surface area contributed by atoms with E-state index >= 15 is 0 Å². The highest BCUT2D eigenvalue weighted by atomic mass is 19.4. The summed E-state index contributed by atoms with van der Waals surface area (Å²) in [5, 5.41) is 3.18. The molecule has 5 nitrogen and oxygen atoms in total. The van der Waals surface area contributed by atoms with Gasteiger partial charge in [-0.2, -0.15) is 13.2 Å². The minimum Gasteiger partial charge on any atom is -0.368 e. The van der Waals surface area contributed by atoms with Crippen LogP contribution in [0.15, 0.2) is 49.1 Å². The summed E-state index contributed by atoms with van der Waals surface area (Å²) in [6.45, 7) is 4.33. The molecule has 8 heteroatoms. The molecule has 2 aromatic heterocycles. The summed E-state index contributed by atoms with van der Waals surface area (Å²) in [5.74, 6) is 2.05. The van der Waals surface area contributed by atoms with E-state index in [-0.39, 0.29) is 5.92 Å². The van der Waals surface area contributed by atoms with Gasteiger partial charge in [0.05, 0.1) is 18.0 Å². The molecule has 1 aromatic carbocycles. The van der Waals surface area contributed by atoms with E-state index in [0.717, 1.165) is 23.5 Å². The van der Waals surface area contributed by atoms with Crippen LogP contribution in [0.4, 0.5) is 19.0 Å². The van der Waals surface area contributed by atoms with Crippen LogP contribution < -0.4 is 5.32 Å². The summed E-state index contributed by atoms with van der Waals surface area (Å²) in [6.07, 6.45) is 2.41. The third-order valence-electron chi connectivity index (χ3n) is 4.09. The van der Waals surface area contributed by atoms with Crippen molar-refractivity contribution in [1.82, 2.24) is 19.5 Å². The van der Waals surface area contributed by atoms with E-state index < -0.39 is 11.7 Å².